The fraction of sp³-hybridized carbons (Fsp3) is 0.545. The highest BCUT2D eigenvalue weighted by Gasteiger charge is 2.36. The lowest BCUT2D eigenvalue weighted by Crippen LogP contribution is -2.42. The molecule has 1 aromatic heterocycles. The minimum atomic E-state index is -4.69. The van der Waals surface area contributed by atoms with Gasteiger partial charge in [0.15, 0.2) is 6.23 Å². The van der Waals surface area contributed by atoms with Gasteiger partial charge in [-0.1, -0.05) is 13.3 Å². The molecule has 0 aliphatic carbocycles. The largest absolute Gasteiger partial charge is 0.475 e. The molecule has 0 radical (unpaired) electrons. The van der Waals surface area contributed by atoms with E-state index in [1.54, 1.807) is 40.7 Å². The van der Waals surface area contributed by atoms with Crippen molar-refractivity contribution in [1.29, 1.82) is 0 Å². The number of carbonyl (C=O) groups is 1. The molecule has 1 aromatic carbocycles. The van der Waals surface area contributed by atoms with Crippen molar-refractivity contribution < 1.29 is 32.2 Å². The van der Waals surface area contributed by atoms with Crippen LogP contribution in [0.25, 0.3) is 10.9 Å². The van der Waals surface area contributed by atoms with E-state index in [4.69, 9.17) is 14.2 Å². The van der Waals surface area contributed by atoms with E-state index < -0.39 is 29.7 Å². The lowest BCUT2D eigenvalue weighted by Gasteiger charge is -2.25. The van der Waals surface area contributed by atoms with Gasteiger partial charge >= 0.3 is 12.3 Å². The summed E-state index contributed by atoms with van der Waals surface area (Å²) >= 11 is 3.28. The number of ether oxygens (including phenoxy) is 3. The first-order valence-corrected chi connectivity index (χ1v) is 11.0. The van der Waals surface area contributed by atoms with Crippen LogP contribution in [0, 0.1) is 0 Å². The second-order valence-corrected chi connectivity index (χ2v) is 9.34. The van der Waals surface area contributed by atoms with Crippen molar-refractivity contribution in [1.82, 2.24) is 10.3 Å². The van der Waals surface area contributed by atoms with Gasteiger partial charge < -0.3 is 14.2 Å². The maximum absolute atomic E-state index is 14.0. The zero-order valence-corrected chi connectivity index (χ0v) is 20.5. The summed E-state index contributed by atoms with van der Waals surface area (Å²) in [6, 6.07) is 3.85. The summed E-state index contributed by atoms with van der Waals surface area (Å²) in [5, 5.41) is 2.35. The van der Waals surface area contributed by atoms with E-state index in [-0.39, 0.29) is 28.6 Å². The number of benzene rings is 1. The fourth-order valence-corrected chi connectivity index (χ4v) is 3.32. The zero-order valence-electron chi connectivity index (χ0n) is 18.9. The van der Waals surface area contributed by atoms with Gasteiger partial charge in [0.1, 0.15) is 11.4 Å². The molecule has 1 N–H and O–H groups in total. The number of nitrogens with one attached hydrogen (secondary N) is 1. The Labute approximate surface area is 193 Å². The Bertz CT molecular complexity index is 959. The van der Waals surface area contributed by atoms with Crippen molar-refractivity contribution in [2.24, 2.45) is 0 Å². The Morgan fingerprint density at radius 2 is 1.84 bits per heavy atom. The summed E-state index contributed by atoms with van der Waals surface area (Å²) in [5.74, 6) is -0.210. The van der Waals surface area contributed by atoms with Gasteiger partial charge in [-0.05, 0) is 62.7 Å². The third kappa shape index (κ3) is 7.15. The molecule has 1 unspecified atom stereocenters. The molecule has 10 heteroatoms. The number of pyridine rings is 1. The molecule has 0 saturated heterocycles. The molecule has 0 bridgehead atoms. The molecule has 0 fully saturated rings. The highest BCUT2D eigenvalue weighted by molar-refractivity contribution is 9.10. The zero-order chi connectivity index (χ0) is 24.3. The maximum atomic E-state index is 14.0. The lowest BCUT2D eigenvalue weighted by atomic mass is 10.1. The van der Waals surface area contributed by atoms with Crippen molar-refractivity contribution in [3.63, 3.8) is 0 Å². The summed E-state index contributed by atoms with van der Waals surface area (Å²) in [6.45, 7) is 10.4. The van der Waals surface area contributed by atoms with Crippen LogP contribution in [-0.4, -0.2) is 29.0 Å². The predicted octanol–water partition coefficient (Wildman–Crippen LogP) is 6.83. The second-order valence-electron chi connectivity index (χ2n) is 8.48. The van der Waals surface area contributed by atoms with E-state index in [0.717, 1.165) is 6.07 Å². The highest BCUT2D eigenvalue weighted by atomic mass is 79.9. The molecule has 0 aliphatic rings. The van der Waals surface area contributed by atoms with Crippen LogP contribution in [0.1, 0.15) is 59.9 Å². The van der Waals surface area contributed by atoms with E-state index in [2.05, 4.69) is 26.2 Å². The number of nitrogens with zero attached hydrogens (tertiary/aromatic N) is 1. The number of alkyl halides is 3. The van der Waals surface area contributed by atoms with Crippen molar-refractivity contribution in [3.8, 4) is 11.6 Å². The topological polar surface area (TPSA) is 69.7 Å². The first kappa shape index (κ1) is 26.0. The van der Waals surface area contributed by atoms with Crippen molar-refractivity contribution in [3.05, 3.63) is 28.2 Å². The molecule has 1 heterocycles. The number of amides is 1. The summed E-state index contributed by atoms with van der Waals surface area (Å²) in [6.07, 6.45) is -5.71. The van der Waals surface area contributed by atoms with E-state index >= 15 is 0 Å². The molecule has 1 atom stereocenters. The Kier molecular flexibility index (Phi) is 8.25. The van der Waals surface area contributed by atoms with Gasteiger partial charge in [-0.25, -0.2) is 9.78 Å². The molecular weight excluding hydrogens is 493 g/mol. The number of fused-ring (bicyclic) bond motifs is 1. The Hall–Kier alpha value is -2.23. The minimum Gasteiger partial charge on any atom is -0.475 e. The number of aromatic nitrogens is 1. The average molecular weight is 521 g/mol. The molecule has 2 rings (SSSR count). The van der Waals surface area contributed by atoms with Gasteiger partial charge in [-0.15, -0.1) is 0 Å². The second kappa shape index (κ2) is 10.1. The van der Waals surface area contributed by atoms with E-state index in [1.165, 1.54) is 6.07 Å². The maximum Gasteiger partial charge on any atom is 0.417 e. The fourth-order valence-electron chi connectivity index (χ4n) is 2.89. The van der Waals surface area contributed by atoms with E-state index in [1.807, 2.05) is 6.92 Å². The van der Waals surface area contributed by atoms with Crippen molar-refractivity contribution >= 4 is 32.9 Å². The summed E-state index contributed by atoms with van der Waals surface area (Å²) in [7, 11) is 0. The average Bonchev–Trinajstić information content (AvgIpc) is 2.60. The van der Waals surface area contributed by atoms with Crippen molar-refractivity contribution in [2.75, 3.05) is 0 Å². The smallest absolute Gasteiger partial charge is 0.417 e. The van der Waals surface area contributed by atoms with Gasteiger partial charge in [0.2, 0.25) is 5.88 Å². The monoisotopic (exact) mass is 520 g/mol. The van der Waals surface area contributed by atoms with Gasteiger partial charge in [0.05, 0.1) is 27.0 Å². The number of carbonyl (C=O) groups excluding carboxylic acids is 1. The molecule has 0 aliphatic heterocycles. The number of halogens is 4. The molecule has 6 nitrogen and oxygen atoms in total. The van der Waals surface area contributed by atoms with Gasteiger partial charge in [-0.2, -0.15) is 13.2 Å². The first-order valence-electron chi connectivity index (χ1n) is 10.2. The van der Waals surface area contributed by atoms with Crippen LogP contribution in [0.5, 0.6) is 11.6 Å². The Morgan fingerprint density at radius 1 is 1.19 bits per heavy atom. The van der Waals surface area contributed by atoms with Crippen LogP contribution in [0.15, 0.2) is 22.7 Å². The van der Waals surface area contributed by atoms with Crippen LogP contribution < -0.4 is 14.8 Å². The summed E-state index contributed by atoms with van der Waals surface area (Å²) in [5.41, 5.74) is -1.62. The van der Waals surface area contributed by atoms with Crippen LogP contribution in [0.4, 0.5) is 18.0 Å². The Balaban J connectivity index is 2.55. The predicted molar refractivity (Wildman–Crippen MR) is 119 cm³/mol. The normalized spacial score (nSPS) is 13.2. The molecule has 178 valence electrons. The number of hydrogen-bond donors (Lipinski definition) is 1. The van der Waals surface area contributed by atoms with Gasteiger partial charge in [0, 0.05) is 12.5 Å². The van der Waals surface area contributed by atoms with E-state index in [9.17, 15) is 18.0 Å². The number of rotatable bonds is 7. The molecule has 2 aromatic rings. The molecule has 32 heavy (non-hydrogen) atoms. The number of hydrogen-bond acceptors (Lipinski definition) is 5. The summed E-state index contributed by atoms with van der Waals surface area (Å²) < 4.78 is 58.8. The SMILES string of the molecule is CCCC(NC(=O)OC(C)(C)C)Oc1c(Br)ccc2nc(OC(C)C)cc(C(F)(F)F)c12. The lowest BCUT2D eigenvalue weighted by molar-refractivity contribution is -0.136. The standard InChI is InChI=1S/C22H28BrF3N2O4/c1-7-8-16(28-20(29)32-21(4,5)6)31-19-14(23)9-10-15-18(19)13(22(24,25)26)11-17(27-15)30-12(2)3/h9-12,16H,7-8H2,1-6H3,(H,28,29). The quantitative estimate of drug-likeness (QED) is 0.405. The third-order valence-electron chi connectivity index (χ3n) is 4.01. The van der Waals surface area contributed by atoms with Gasteiger partial charge in [0.25, 0.3) is 0 Å². The van der Waals surface area contributed by atoms with E-state index in [0.29, 0.717) is 17.3 Å². The molecular formula is C22H28BrF3N2O4. The summed E-state index contributed by atoms with van der Waals surface area (Å²) in [4.78, 5) is 16.4. The highest BCUT2D eigenvalue weighted by Crippen LogP contribution is 2.43. The van der Waals surface area contributed by atoms with Crippen LogP contribution in [0.3, 0.4) is 0 Å². The number of alkyl carbamates (subject to hydrolysis) is 1. The molecule has 1 amide bonds. The van der Waals surface area contributed by atoms with Crippen molar-refractivity contribution in [2.45, 2.75) is 78.5 Å². The third-order valence-corrected chi connectivity index (χ3v) is 4.63. The molecule has 0 saturated carbocycles. The van der Waals surface area contributed by atoms with Crippen LogP contribution in [0.2, 0.25) is 0 Å². The van der Waals surface area contributed by atoms with Crippen LogP contribution in [-0.2, 0) is 10.9 Å². The van der Waals surface area contributed by atoms with Gasteiger partial charge in [-0.3, -0.25) is 5.32 Å². The first-order chi connectivity index (χ1) is 14.7. The Morgan fingerprint density at radius 3 is 2.38 bits per heavy atom. The molecule has 0 spiro atoms. The van der Waals surface area contributed by atoms with Crippen LogP contribution >= 0.6 is 15.9 Å². The minimum absolute atomic E-state index is 0.0567.